The highest BCUT2D eigenvalue weighted by atomic mass is 32.2. The Kier molecular flexibility index (Phi) is 4.87. The van der Waals surface area contributed by atoms with Crippen molar-refractivity contribution in [2.24, 2.45) is 5.92 Å². The van der Waals surface area contributed by atoms with E-state index in [1.54, 1.807) is 11.8 Å². The maximum absolute atomic E-state index is 12.0. The van der Waals surface area contributed by atoms with Crippen LogP contribution in [0.5, 0.6) is 0 Å². The summed E-state index contributed by atoms with van der Waals surface area (Å²) in [6.45, 7) is 2.01. The zero-order valence-corrected chi connectivity index (χ0v) is 12.1. The van der Waals surface area contributed by atoms with E-state index in [2.05, 4.69) is 9.78 Å². The van der Waals surface area contributed by atoms with Gasteiger partial charge in [-0.05, 0) is 25.2 Å². The molecule has 1 unspecified atom stereocenters. The zero-order chi connectivity index (χ0) is 13.0. The highest BCUT2D eigenvalue weighted by Crippen LogP contribution is 2.28. The molecular weight excluding hydrogens is 244 g/mol. The second kappa shape index (κ2) is 6.41. The summed E-state index contributed by atoms with van der Waals surface area (Å²) in [6, 6.07) is 2.57. The second-order valence-electron chi connectivity index (χ2n) is 5.22. The Labute approximate surface area is 113 Å². The summed E-state index contributed by atoms with van der Waals surface area (Å²) in [6.07, 6.45) is 9.65. The van der Waals surface area contributed by atoms with Gasteiger partial charge in [-0.25, -0.2) is 0 Å². The normalized spacial score (nSPS) is 18.1. The van der Waals surface area contributed by atoms with E-state index >= 15 is 0 Å². The van der Waals surface area contributed by atoms with Crippen molar-refractivity contribution in [1.82, 2.24) is 9.78 Å². The van der Waals surface area contributed by atoms with Gasteiger partial charge in [0, 0.05) is 17.9 Å². The highest BCUT2D eigenvalue weighted by Gasteiger charge is 2.19. The van der Waals surface area contributed by atoms with Crippen molar-refractivity contribution >= 4 is 17.5 Å². The van der Waals surface area contributed by atoms with Crippen LogP contribution in [0.25, 0.3) is 0 Å². The van der Waals surface area contributed by atoms with Crippen molar-refractivity contribution in [3.63, 3.8) is 0 Å². The molecule has 1 aliphatic carbocycles. The molecule has 18 heavy (non-hydrogen) atoms. The van der Waals surface area contributed by atoms with Gasteiger partial charge in [0.25, 0.3) is 0 Å². The topological polar surface area (TPSA) is 34.9 Å². The van der Waals surface area contributed by atoms with Crippen molar-refractivity contribution in [2.45, 2.75) is 45.1 Å². The molecule has 0 aromatic carbocycles. The molecule has 1 heterocycles. The third-order valence-electron chi connectivity index (χ3n) is 3.68. The van der Waals surface area contributed by atoms with E-state index in [1.807, 2.05) is 25.4 Å². The molecule has 100 valence electrons. The van der Waals surface area contributed by atoms with Crippen LogP contribution in [-0.4, -0.2) is 27.6 Å². The fourth-order valence-electron chi connectivity index (χ4n) is 2.54. The van der Waals surface area contributed by atoms with Crippen molar-refractivity contribution in [1.29, 1.82) is 0 Å². The molecule has 3 nitrogen and oxygen atoms in total. The van der Waals surface area contributed by atoms with E-state index in [9.17, 15) is 4.79 Å². The van der Waals surface area contributed by atoms with E-state index in [0.717, 1.165) is 11.4 Å². The maximum Gasteiger partial charge on any atom is 0.142 e. The maximum atomic E-state index is 12.0. The summed E-state index contributed by atoms with van der Waals surface area (Å²) in [5, 5.41) is 4.56. The number of rotatable bonds is 6. The van der Waals surface area contributed by atoms with Crippen LogP contribution in [0.2, 0.25) is 0 Å². The lowest BCUT2D eigenvalue weighted by molar-refractivity contribution is -0.121. The third-order valence-corrected chi connectivity index (χ3v) is 4.52. The molecule has 0 radical (unpaired) electrons. The van der Waals surface area contributed by atoms with Gasteiger partial charge in [0.2, 0.25) is 0 Å². The largest absolute Gasteiger partial charge is 0.299 e. The van der Waals surface area contributed by atoms with Crippen LogP contribution in [0.1, 0.15) is 44.3 Å². The van der Waals surface area contributed by atoms with Crippen LogP contribution in [0.4, 0.5) is 0 Å². The Hall–Kier alpha value is -0.770. The predicted molar refractivity (Wildman–Crippen MR) is 76.0 cm³/mol. The molecule has 0 aliphatic heterocycles. The van der Waals surface area contributed by atoms with Gasteiger partial charge >= 0.3 is 0 Å². The molecule has 1 fully saturated rings. The number of thioether (sulfide) groups is 1. The number of hydrogen-bond acceptors (Lipinski definition) is 3. The number of carbonyl (C=O) groups excluding carboxylic acids is 1. The molecule has 0 amide bonds. The minimum Gasteiger partial charge on any atom is -0.299 e. The summed E-state index contributed by atoms with van der Waals surface area (Å²) in [5.41, 5.74) is 0.930. The molecule has 0 bridgehead atoms. The molecule has 1 aromatic rings. The van der Waals surface area contributed by atoms with Gasteiger partial charge < -0.3 is 0 Å². The minimum absolute atomic E-state index is 0.136. The fourth-order valence-corrected chi connectivity index (χ4v) is 3.23. The number of carbonyl (C=O) groups is 1. The Bertz CT molecular complexity index is 396. The Morgan fingerprint density at radius 3 is 2.94 bits per heavy atom. The van der Waals surface area contributed by atoms with Crippen LogP contribution in [0.15, 0.2) is 12.3 Å². The molecule has 1 saturated carbocycles. The first-order valence-electron chi connectivity index (χ1n) is 6.76. The Morgan fingerprint density at radius 2 is 2.28 bits per heavy atom. The van der Waals surface area contributed by atoms with Crippen LogP contribution in [-0.2, 0) is 11.2 Å². The third kappa shape index (κ3) is 3.37. The van der Waals surface area contributed by atoms with E-state index in [1.165, 1.54) is 25.7 Å². The quantitative estimate of drug-likeness (QED) is 0.793. The minimum atomic E-state index is 0.136. The number of Topliss-reactive ketones (excluding diaryl/α,β-unsaturated/α-hetero) is 1. The molecule has 1 aromatic heterocycles. The summed E-state index contributed by atoms with van der Waals surface area (Å²) < 4.78 is 2.06. The van der Waals surface area contributed by atoms with E-state index < -0.39 is 0 Å². The number of hydrogen-bond donors (Lipinski definition) is 0. The highest BCUT2D eigenvalue weighted by molar-refractivity contribution is 7.98. The van der Waals surface area contributed by atoms with E-state index in [0.29, 0.717) is 18.2 Å². The van der Waals surface area contributed by atoms with Crippen molar-refractivity contribution < 1.29 is 4.79 Å². The SMILES string of the molecule is CSCC(C)C(=O)Cc1ccn(C2CCCC2)n1. The Balaban J connectivity index is 1.91. The van der Waals surface area contributed by atoms with Crippen LogP contribution >= 0.6 is 11.8 Å². The van der Waals surface area contributed by atoms with Crippen LogP contribution in [0.3, 0.4) is 0 Å². The average Bonchev–Trinajstić information content (AvgIpc) is 2.98. The second-order valence-corrected chi connectivity index (χ2v) is 6.14. The smallest absolute Gasteiger partial charge is 0.142 e. The molecule has 1 aliphatic rings. The van der Waals surface area contributed by atoms with E-state index in [-0.39, 0.29) is 5.92 Å². The van der Waals surface area contributed by atoms with Gasteiger partial charge in [-0.1, -0.05) is 19.8 Å². The molecule has 0 saturated heterocycles. The molecule has 4 heteroatoms. The van der Waals surface area contributed by atoms with Gasteiger partial charge in [0.05, 0.1) is 18.2 Å². The molecule has 1 atom stereocenters. The van der Waals surface area contributed by atoms with Crippen molar-refractivity contribution in [3.05, 3.63) is 18.0 Å². The first-order chi connectivity index (χ1) is 8.70. The van der Waals surface area contributed by atoms with Crippen molar-refractivity contribution in [3.8, 4) is 0 Å². The zero-order valence-electron chi connectivity index (χ0n) is 11.3. The summed E-state index contributed by atoms with van der Waals surface area (Å²) >= 11 is 1.73. The summed E-state index contributed by atoms with van der Waals surface area (Å²) in [7, 11) is 0. The molecular formula is C14H22N2OS. The monoisotopic (exact) mass is 266 g/mol. The predicted octanol–water partition coefficient (Wildman–Crippen LogP) is 3.11. The van der Waals surface area contributed by atoms with Crippen molar-refractivity contribution in [2.75, 3.05) is 12.0 Å². The lowest BCUT2D eigenvalue weighted by atomic mass is 10.0. The fraction of sp³-hybridized carbons (Fsp3) is 0.714. The molecule has 0 N–H and O–H groups in total. The lowest BCUT2D eigenvalue weighted by Gasteiger charge is -2.09. The molecule has 2 rings (SSSR count). The van der Waals surface area contributed by atoms with E-state index in [4.69, 9.17) is 0 Å². The van der Waals surface area contributed by atoms with Gasteiger partial charge in [-0.15, -0.1) is 0 Å². The van der Waals surface area contributed by atoms with Crippen LogP contribution in [0, 0.1) is 5.92 Å². The van der Waals surface area contributed by atoms with Crippen LogP contribution < -0.4 is 0 Å². The summed E-state index contributed by atoms with van der Waals surface area (Å²) in [4.78, 5) is 12.0. The molecule has 0 spiro atoms. The summed E-state index contributed by atoms with van der Waals surface area (Å²) in [5.74, 6) is 1.35. The number of ketones is 1. The Morgan fingerprint density at radius 1 is 1.56 bits per heavy atom. The van der Waals surface area contributed by atoms with Gasteiger partial charge in [-0.3, -0.25) is 9.48 Å². The first kappa shape index (κ1) is 13.7. The first-order valence-corrected chi connectivity index (χ1v) is 8.15. The standard InChI is InChI=1S/C14H22N2OS/c1-11(10-18-2)14(17)9-12-7-8-16(15-12)13-5-3-4-6-13/h7-8,11,13H,3-6,9-10H2,1-2H3. The lowest BCUT2D eigenvalue weighted by Crippen LogP contribution is -2.16. The average molecular weight is 266 g/mol. The van der Waals surface area contributed by atoms with Gasteiger partial charge in [0.15, 0.2) is 0 Å². The number of nitrogens with zero attached hydrogens (tertiary/aromatic N) is 2. The number of aromatic nitrogens is 2. The van der Waals surface area contributed by atoms with Gasteiger partial charge in [0.1, 0.15) is 5.78 Å². The van der Waals surface area contributed by atoms with Gasteiger partial charge in [-0.2, -0.15) is 16.9 Å².